The fourth-order valence-electron chi connectivity index (χ4n) is 3.48. The molecule has 1 unspecified atom stereocenters. The molecule has 130 valence electrons. The highest BCUT2D eigenvalue weighted by molar-refractivity contribution is 5.95. The summed E-state index contributed by atoms with van der Waals surface area (Å²) in [4.78, 5) is 27.7. The van der Waals surface area contributed by atoms with E-state index in [-0.39, 0.29) is 17.7 Å². The number of halogens is 2. The summed E-state index contributed by atoms with van der Waals surface area (Å²) in [5, 5.41) is 0. The fourth-order valence-corrected chi connectivity index (χ4v) is 3.48. The summed E-state index contributed by atoms with van der Waals surface area (Å²) in [6, 6.07) is 1.94. The standard InChI is InChI=1S/C17H20F2N2O3/c1-24-12-8-13(18)16(14(19)9-12)17(23)20-6-2-4-11(10-20)21-7-3-5-15(21)22/h8-9,11H,2-7,10H2,1H3. The number of likely N-dealkylation sites (tertiary alicyclic amines) is 2. The number of methoxy groups -OCH3 is 1. The van der Waals surface area contributed by atoms with Crippen molar-refractivity contribution in [2.45, 2.75) is 31.7 Å². The second kappa shape index (κ2) is 6.75. The number of hydrogen-bond donors (Lipinski definition) is 0. The van der Waals surface area contributed by atoms with Crippen LogP contribution in [0.15, 0.2) is 12.1 Å². The summed E-state index contributed by atoms with van der Waals surface area (Å²) in [6.07, 6.45) is 2.87. The lowest BCUT2D eigenvalue weighted by Crippen LogP contribution is -2.50. The number of carbonyl (C=O) groups is 2. The summed E-state index contributed by atoms with van der Waals surface area (Å²) in [5.41, 5.74) is -0.566. The molecule has 0 bridgehead atoms. The number of ether oxygens (including phenoxy) is 1. The largest absolute Gasteiger partial charge is 0.497 e. The van der Waals surface area contributed by atoms with Crippen molar-refractivity contribution in [1.29, 1.82) is 0 Å². The van der Waals surface area contributed by atoms with Gasteiger partial charge in [0.25, 0.3) is 5.91 Å². The minimum atomic E-state index is -0.934. The Labute approximate surface area is 139 Å². The molecule has 1 aromatic rings. The Kier molecular flexibility index (Phi) is 4.69. The lowest BCUT2D eigenvalue weighted by Gasteiger charge is -2.37. The van der Waals surface area contributed by atoms with Crippen molar-refractivity contribution >= 4 is 11.8 Å². The minimum Gasteiger partial charge on any atom is -0.497 e. The van der Waals surface area contributed by atoms with Gasteiger partial charge < -0.3 is 14.5 Å². The van der Waals surface area contributed by atoms with Crippen LogP contribution in [0.4, 0.5) is 8.78 Å². The number of benzene rings is 1. The van der Waals surface area contributed by atoms with Crippen LogP contribution in [0, 0.1) is 11.6 Å². The van der Waals surface area contributed by atoms with Gasteiger partial charge in [-0.15, -0.1) is 0 Å². The monoisotopic (exact) mass is 338 g/mol. The van der Waals surface area contributed by atoms with Gasteiger partial charge in [0.1, 0.15) is 22.9 Å². The van der Waals surface area contributed by atoms with Gasteiger partial charge in [0, 0.05) is 44.2 Å². The molecule has 0 radical (unpaired) electrons. The third-order valence-electron chi connectivity index (χ3n) is 4.70. The Morgan fingerprint density at radius 1 is 1.21 bits per heavy atom. The maximum absolute atomic E-state index is 14.1. The molecule has 0 saturated carbocycles. The smallest absolute Gasteiger partial charge is 0.259 e. The second-order valence-electron chi connectivity index (χ2n) is 6.20. The predicted molar refractivity (Wildman–Crippen MR) is 82.8 cm³/mol. The highest BCUT2D eigenvalue weighted by Crippen LogP contribution is 2.25. The molecule has 0 aliphatic carbocycles. The number of nitrogens with zero attached hydrogens (tertiary/aromatic N) is 2. The molecule has 0 N–H and O–H groups in total. The van der Waals surface area contributed by atoms with Gasteiger partial charge in [-0.1, -0.05) is 0 Å². The van der Waals surface area contributed by atoms with Crippen molar-refractivity contribution in [3.63, 3.8) is 0 Å². The molecule has 1 aromatic carbocycles. The zero-order chi connectivity index (χ0) is 17.3. The highest BCUT2D eigenvalue weighted by atomic mass is 19.1. The SMILES string of the molecule is COc1cc(F)c(C(=O)N2CCCC(N3CCCC3=O)C2)c(F)c1. The van der Waals surface area contributed by atoms with Crippen LogP contribution in [-0.4, -0.2) is 54.4 Å². The number of piperidine rings is 1. The van der Waals surface area contributed by atoms with Crippen molar-refractivity contribution < 1.29 is 23.1 Å². The van der Waals surface area contributed by atoms with Crippen molar-refractivity contribution in [3.8, 4) is 5.75 Å². The van der Waals surface area contributed by atoms with Crippen LogP contribution in [0.2, 0.25) is 0 Å². The van der Waals surface area contributed by atoms with Crippen LogP contribution in [0.3, 0.4) is 0 Å². The van der Waals surface area contributed by atoms with E-state index in [9.17, 15) is 18.4 Å². The average Bonchev–Trinajstić information content (AvgIpc) is 3.00. The Balaban J connectivity index is 1.78. The molecule has 7 heteroatoms. The molecule has 3 rings (SSSR count). The zero-order valence-electron chi connectivity index (χ0n) is 13.6. The van der Waals surface area contributed by atoms with Gasteiger partial charge in [-0.3, -0.25) is 9.59 Å². The lowest BCUT2D eigenvalue weighted by molar-refractivity contribution is -0.130. The van der Waals surface area contributed by atoms with Gasteiger partial charge in [-0.05, 0) is 19.3 Å². The van der Waals surface area contributed by atoms with Crippen LogP contribution in [0.1, 0.15) is 36.0 Å². The van der Waals surface area contributed by atoms with E-state index in [0.29, 0.717) is 32.5 Å². The van der Waals surface area contributed by atoms with Gasteiger partial charge in [0.15, 0.2) is 0 Å². The zero-order valence-corrected chi connectivity index (χ0v) is 13.6. The number of amides is 2. The van der Waals surface area contributed by atoms with Gasteiger partial charge >= 0.3 is 0 Å². The Bertz CT molecular complexity index is 642. The third-order valence-corrected chi connectivity index (χ3v) is 4.70. The van der Waals surface area contributed by atoms with Crippen molar-refractivity contribution in [3.05, 3.63) is 29.3 Å². The van der Waals surface area contributed by atoms with E-state index in [1.165, 1.54) is 12.0 Å². The molecule has 0 spiro atoms. The lowest BCUT2D eigenvalue weighted by atomic mass is 10.0. The van der Waals surface area contributed by atoms with Gasteiger partial charge in [-0.2, -0.15) is 0 Å². The molecule has 2 amide bonds. The molecule has 1 atom stereocenters. The first-order valence-electron chi connectivity index (χ1n) is 8.13. The summed E-state index contributed by atoms with van der Waals surface area (Å²) < 4.78 is 33.1. The van der Waals surface area contributed by atoms with Crippen molar-refractivity contribution in [1.82, 2.24) is 9.80 Å². The molecule has 2 aliphatic rings. The van der Waals surface area contributed by atoms with Gasteiger partial charge in [0.2, 0.25) is 5.91 Å². The van der Waals surface area contributed by atoms with E-state index in [0.717, 1.165) is 25.0 Å². The highest BCUT2D eigenvalue weighted by Gasteiger charge is 2.34. The van der Waals surface area contributed by atoms with E-state index in [2.05, 4.69) is 0 Å². The van der Waals surface area contributed by atoms with E-state index in [1.807, 2.05) is 0 Å². The first-order valence-corrected chi connectivity index (χ1v) is 8.13. The van der Waals surface area contributed by atoms with Crippen molar-refractivity contribution in [2.75, 3.05) is 26.7 Å². The Morgan fingerprint density at radius 3 is 2.50 bits per heavy atom. The Hall–Kier alpha value is -2.18. The summed E-state index contributed by atoms with van der Waals surface area (Å²) in [7, 11) is 1.30. The normalized spacial score (nSPS) is 21.3. The molecular weight excluding hydrogens is 318 g/mol. The van der Waals surface area contributed by atoms with E-state index in [1.54, 1.807) is 4.90 Å². The molecule has 2 fully saturated rings. The first-order chi connectivity index (χ1) is 11.5. The van der Waals surface area contributed by atoms with E-state index in [4.69, 9.17) is 4.74 Å². The van der Waals surface area contributed by atoms with E-state index < -0.39 is 23.1 Å². The topological polar surface area (TPSA) is 49.9 Å². The van der Waals surface area contributed by atoms with Crippen LogP contribution >= 0.6 is 0 Å². The molecule has 2 heterocycles. The van der Waals surface area contributed by atoms with E-state index >= 15 is 0 Å². The average molecular weight is 338 g/mol. The Morgan fingerprint density at radius 2 is 1.92 bits per heavy atom. The third kappa shape index (κ3) is 3.07. The number of carbonyl (C=O) groups excluding carboxylic acids is 2. The minimum absolute atomic E-state index is 0.0285. The molecule has 2 saturated heterocycles. The van der Waals surface area contributed by atoms with Gasteiger partial charge in [-0.25, -0.2) is 8.78 Å². The number of hydrogen-bond acceptors (Lipinski definition) is 3. The summed E-state index contributed by atoms with van der Waals surface area (Å²) in [5.74, 6) is -2.42. The molecule has 0 aromatic heterocycles. The van der Waals surface area contributed by atoms with Crippen LogP contribution in [0.5, 0.6) is 5.75 Å². The first kappa shape index (κ1) is 16.7. The molecular formula is C17H20F2N2O3. The van der Waals surface area contributed by atoms with Crippen molar-refractivity contribution in [2.24, 2.45) is 0 Å². The summed E-state index contributed by atoms with van der Waals surface area (Å²) >= 11 is 0. The second-order valence-corrected chi connectivity index (χ2v) is 6.20. The van der Waals surface area contributed by atoms with Crippen LogP contribution in [0.25, 0.3) is 0 Å². The summed E-state index contributed by atoms with van der Waals surface area (Å²) in [6.45, 7) is 1.44. The maximum atomic E-state index is 14.1. The fraction of sp³-hybridized carbons (Fsp3) is 0.529. The van der Waals surface area contributed by atoms with Crippen LogP contribution in [-0.2, 0) is 4.79 Å². The molecule has 24 heavy (non-hydrogen) atoms. The quantitative estimate of drug-likeness (QED) is 0.849. The predicted octanol–water partition coefficient (Wildman–Crippen LogP) is 2.20. The van der Waals surface area contributed by atoms with Crippen LogP contribution < -0.4 is 4.74 Å². The maximum Gasteiger partial charge on any atom is 0.259 e. The number of rotatable bonds is 3. The molecule has 5 nitrogen and oxygen atoms in total. The van der Waals surface area contributed by atoms with Gasteiger partial charge in [0.05, 0.1) is 7.11 Å². The molecule has 2 aliphatic heterocycles.